The highest BCUT2D eigenvalue weighted by Gasteiger charge is 2.33. The molecule has 2 saturated heterocycles. The Morgan fingerprint density at radius 1 is 1.07 bits per heavy atom. The van der Waals surface area contributed by atoms with Crippen LogP contribution in [0.25, 0.3) is 11.7 Å². The fraction of sp³-hybridized carbons (Fsp3) is 0.379. The van der Waals surface area contributed by atoms with Gasteiger partial charge >= 0.3 is 0 Å². The molecule has 0 N–H and O–H groups in total. The van der Waals surface area contributed by atoms with E-state index in [9.17, 15) is 9.59 Å². The minimum absolute atomic E-state index is 0.188. The molecule has 2 aliphatic rings. The monoisotopic (exact) mass is 579 g/mol. The van der Waals surface area contributed by atoms with E-state index >= 15 is 0 Å². The van der Waals surface area contributed by atoms with Crippen LogP contribution in [-0.4, -0.2) is 77.6 Å². The lowest BCUT2D eigenvalue weighted by Gasteiger charge is -2.37. The molecule has 5 rings (SSSR count). The van der Waals surface area contributed by atoms with E-state index in [1.807, 2.05) is 44.2 Å². The van der Waals surface area contributed by atoms with Gasteiger partial charge in [0.05, 0.1) is 23.3 Å². The number of pyridine rings is 1. The van der Waals surface area contributed by atoms with Crippen molar-refractivity contribution in [3.63, 3.8) is 0 Å². The van der Waals surface area contributed by atoms with Gasteiger partial charge in [0.15, 0.2) is 0 Å². The van der Waals surface area contributed by atoms with Gasteiger partial charge in [-0.15, -0.1) is 0 Å². The second-order valence-corrected chi connectivity index (χ2v) is 11.3. The number of piperazine rings is 1. The molecule has 9 nitrogen and oxygen atoms in total. The molecule has 4 heterocycles. The molecule has 1 aromatic carbocycles. The highest BCUT2D eigenvalue weighted by Crippen LogP contribution is 2.34. The predicted molar refractivity (Wildman–Crippen MR) is 165 cm³/mol. The van der Waals surface area contributed by atoms with Crippen LogP contribution in [0.2, 0.25) is 0 Å². The van der Waals surface area contributed by atoms with Crippen molar-refractivity contribution in [2.24, 2.45) is 0 Å². The maximum atomic E-state index is 13.9. The number of rotatable bonds is 9. The van der Waals surface area contributed by atoms with Crippen molar-refractivity contribution in [2.45, 2.75) is 20.3 Å². The molecular formula is C29H33N5O4S2. The van der Waals surface area contributed by atoms with Crippen molar-refractivity contribution in [3.8, 4) is 5.75 Å². The first-order valence-electron chi connectivity index (χ1n) is 13.4. The van der Waals surface area contributed by atoms with Crippen LogP contribution < -0.4 is 20.1 Å². The first-order chi connectivity index (χ1) is 19.4. The molecule has 0 spiro atoms. The van der Waals surface area contributed by atoms with Crippen molar-refractivity contribution < 1.29 is 14.3 Å². The second-order valence-electron chi connectivity index (χ2n) is 9.62. The third kappa shape index (κ3) is 5.72. The zero-order chi connectivity index (χ0) is 28.2. The molecule has 2 fully saturated rings. The number of carbonyl (C=O) groups excluding carboxylic acids is 1. The minimum Gasteiger partial charge on any atom is -0.495 e. The first-order valence-corrected chi connectivity index (χ1v) is 14.6. The van der Waals surface area contributed by atoms with Crippen LogP contribution in [0.5, 0.6) is 5.75 Å². The van der Waals surface area contributed by atoms with Gasteiger partial charge < -0.3 is 19.3 Å². The highest BCUT2D eigenvalue weighted by atomic mass is 32.2. The number of thiocarbonyl (C=S) groups is 1. The second kappa shape index (κ2) is 12.4. The number of aromatic nitrogens is 2. The van der Waals surface area contributed by atoms with Gasteiger partial charge in [-0.3, -0.25) is 18.9 Å². The number of amides is 1. The SMILES string of the molecule is CCOCCCN1C(=O)C(=Cc2c(N3CCN(c4ccccc4OC)CC3)nc3ccc(C)cn3c2=O)SC1=S. The fourth-order valence-corrected chi connectivity index (χ4v) is 6.25. The fourth-order valence-electron chi connectivity index (χ4n) is 4.96. The molecule has 0 aliphatic carbocycles. The molecule has 0 saturated carbocycles. The Hall–Kier alpha value is -3.41. The molecule has 210 valence electrons. The largest absolute Gasteiger partial charge is 0.495 e. The van der Waals surface area contributed by atoms with Gasteiger partial charge in [-0.1, -0.05) is 42.2 Å². The quantitative estimate of drug-likeness (QED) is 0.213. The van der Waals surface area contributed by atoms with Gasteiger partial charge in [0, 0.05) is 52.1 Å². The maximum Gasteiger partial charge on any atom is 0.267 e. The van der Waals surface area contributed by atoms with E-state index in [2.05, 4.69) is 15.9 Å². The number of benzene rings is 1. The molecule has 2 aromatic heterocycles. The number of ether oxygens (including phenoxy) is 2. The summed E-state index contributed by atoms with van der Waals surface area (Å²) in [6.45, 7) is 8.33. The average molecular weight is 580 g/mol. The van der Waals surface area contributed by atoms with Crippen LogP contribution in [-0.2, 0) is 9.53 Å². The Bertz CT molecular complexity index is 1510. The summed E-state index contributed by atoms with van der Waals surface area (Å²) in [4.78, 5) is 38.5. The zero-order valence-electron chi connectivity index (χ0n) is 23.0. The number of para-hydroxylation sites is 2. The van der Waals surface area contributed by atoms with Gasteiger partial charge in [0.1, 0.15) is 21.5 Å². The van der Waals surface area contributed by atoms with E-state index in [1.54, 1.807) is 28.7 Å². The van der Waals surface area contributed by atoms with E-state index in [4.69, 9.17) is 26.7 Å². The van der Waals surface area contributed by atoms with E-state index in [-0.39, 0.29) is 11.5 Å². The summed E-state index contributed by atoms with van der Waals surface area (Å²) in [6.07, 6.45) is 4.15. The van der Waals surface area contributed by atoms with E-state index in [1.165, 1.54) is 11.8 Å². The number of hydrogen-bond donors (Lipinski definition) is 0. The Balaban J connectivity index is 1.47. The van der Waals surface area contributed by atoms with Gasteiger partial charge in [0.25, 0.3) is 11.5 Å². The maximum absolute atomic E-state index is 13.9. The Morgan fingerprint density at radius 3 is 2.58 bits per heavy atom. The van der Waals surface area contributed by atoms with E-state index < -0.39 is 0 Å². The first kappa shape index (κ1) is 28.1. The Morgan fingerprint density at radius 2 is 1.82 bits per heavy atom. The van der Waals surface area contributed by atoms with Crippen LogP contribution >= 0.6 is 24.0 Å². The van der Waals surface area contributed by atoms with Crippen LogP contribution in [0, 0.1) is 6.92 Å². The van der Waals surface area contributed by atoms with Crippen molar-refractivity contribution in [3.05, 3.63) is 69.0 Å². The number of hydrogen-bond acceptors (Lipinski definition) is 9. The lowest BCUT2D eigenvalue weighted by molar-refractivity contribution is -0.122. The molecule has 11 heteroatoms. The Kier molecular flexibility index (Phi) is 8.72. The molecule has 0 radical (unpaired) electrons. The normalized spacial score (nSPS) is 17.0. The molecule has 2 aliphatic heterocycles. The average Bonchev–Trinajstić information content (AvgIpc) is 3.24. The number of methoxy groups -OCH3 is 1. The van der Waals surface area contributed by atoms with Crippen LogP contribution in [0.1, 0.15) is 24.5 Å². The van der Waals surface area contributed by atoms with Crippen molar-refractivity contribution >= 4 is 57.4 Å². The van der Waals surface area contributed by atoms with Crippen molar-refractivity contribution in [1.82, 2.24) is 14.3 Å². The summed E-state index contributed by atoms with van der Waals surface area (Å²) in [5, 5.41) is 0. The smallest absolute Gasteiger partial charge is 0.267 e. The number of carbonyl (C=O) groups is 1. The van der Waals surface area contributed by atoms with Crippen LogP contribution in [0.4, 0.5) is 11.5 Å². The predicted octanol–water partition coefficient (Wildman–Crippen LogP) is 3.97. The lowest BCUT2D eigenvalue weighted by atomic mass is 10.2. The molecule has 0 unspecified atom stereocenters. The molecule has 40 heavy (non-hydrogen) atoms. The highest BCUT2D eigenvalue weighted by molar-refractivity contribution is 8.26. The van der Waals surface area contributed by atoms with Gasteiger partial charge in [-0.2, -0.15) is 0 Å². The molecule has 0 bridgehead atoms. The Labute approximate surface area is 243 Å². The van der Waals surface area contributed by atoms with E-state index in [0.29, 0.717) is 65.5 Å². The summed E-state index contributed by atoms with van der Waals surface area (Å²) in [5.41, 5.74) is 2.74. The summed E-state index contributed by atoms with van der Waals surface area (Å²) >= 11 is 6.74. The molecular weight excluding hydrogens is 546 g/mol. The number of thioether (sulfide) groups is 1. The van der Waals surface area contributed by atoms with Gasteiger partial charge in [0.2, 0.25) is 0 Å². The zero-order valence-corrected chi connectivity index (χ0v) is 24.6. The number of aryl methyl sites for hydroxylation is 1. The third-order valence-electron chi connectivity index (χ3n) is 7.01. The van der Waals surface area contributed by atoms with E-state index in [0.717, 1.165) is 30.1 Å². The summed E-state index contributed by atoms with van der Waals surface area (Å²) in [6, 6.07) is 11.8. The van der Waals surface area contributed by atoms with Gasteiger partial charge in [-0.05, 0) is 50.1 Å². The third-order valence-corrected chi connectivity index (χ3v) is 8.39. The molecule has 3 aromatic rings. The minimum atomic E-state index is -0.211. The molecule has 1 amide bonds. The van der Waals surface area contributed by atoms with Crippen molar-refractivity contribution in [2.75, 3.05) is 62.8 Å². The molecule has 0 atom stereocenters. The lowest BCUT2D eigenvalue weighted by Crippen LogP contribution is -2.47. The summed E-state index contributed by atoms with van der Waals surface area (Å²) in [7, 11) is 1.68. The number of fused-ring (bicyclic) bond motifs is 1. The topological polar surface area (TPSA) is 79.6 Å². The van der Waals surface area contributed by atoms with Crippen molar-refractivity contribution in [1.29, 1.82) is 0 Å². The van der Waals surface area contributed by atoms with Crippen LogP contribution in [0.3, 0.4) is 0 Å². The summed E-state index contributed by atoms with van der Waals surface area (Å²) < 4.78 is 13.0. The standard InChI is InChI=1S/C29H33N5O4S2/c1-4-38-17-7-12-33-28(36)24(40-29(33)39)18-21-26(30-25-11-10-20(2)19-34(25)27(21)35)32-15-13-31(14-16-32)22-8-5-6-9-23(22)37-3/h5-6,8-11,18-19H,4,7,12-17H2,1-3H3. The van der Waals surface area contributed by atoms with Crippen LogP contribution in [0.15, 0.2) is 52.3 Å². The summed E-state index contributed by atoms with van der Waals surface area (Å²) in [5.74, 6) is 1.22. The number of anilines is 2. The number of nitrogens with zero attached hydrogens (tertiary/aromatic N) is 5. The van der Waals surface area contributed by atoms with Gasteiger partial charge in [-0.25, -0.2) is 4.98 Å².